The van der Waals surface area contributed by atoms with Gasteiger partial charge >= 0.3 is 0 Å². The molecule has 0 fully saturated rings. The molecule has 1 unspecified atom stereocenters. The molecule has 0 amide bonds. The molecule has 9 heteroatoms. The van der Waals surface area contributed by atoms with Crippen molar-refractivity contribution >= 4 is 27.4 Å². The van der Waals surface area contributed by atoms with E-state index >= 15 is 0 Å². The zero-order chi connectivity index (χ0) is 16.6. The number of sulfonamides is 1. The van der Waals surface area contributed by atoms with E-state index in [1.165, 1.54) is 16.6 Å². The number of rotatable bonds is 4. The minimum absolute atomic E-state index is 0.0400. The molecular weight excluding hydrogens is 338 g/mol. The summed E-state index contributed by atoms with van der Waals surface area (Å²) in [5.41, 5.74) is 5.71. The molecule has 0 aliphatic carbocycles. The highest BCUT2D eigenvalue weighted by Gasteiger charge is 2.28. The summed E-state index contributed by atoms with van der Waals surface area (Å²) in [4.78, 5) is 8.05. The van der Waals surface area contributed by atoms with Crippen molar-refractivity contribution in [1.29, 1.82) is 0 Å². The Balaban J connectivity index is 1.77. The van der Waals surface area contributed by atoms with E-state index in [-0.39, 0.29) is 21.7 Å². The van der Waals surface area contributed by atoms with Crippen molar-refractivity contribution in [2.45, 2.75) is 24.3 Å². The second-order valence-electron chi connectivity index (χ2n) is 5.72. The summed E-state index contributed by atoms with van der Waals surface area (Å²) in [5.74, 6) is 1.24. The fraction of sp³-hybridized carbons (Fsp3) is 0.429. The first-order valence-electron chi connectivity index (χ1n) is 7.25. The van der Waals surface area contributed by atoms with E-state index in [2.05, 4.69) is 14.5 Å². The zero-order valence-electron chi connectivity index (χ0n) is 12.7. The predicted molar refractivity (Wildman–Crippen MR) is 87.5 cm³/mol. The van der Waals surface area contributed by atoms with E-state index in [0.717, 1.165) is 25.2 Å². The van der Waals surface area contributed by atoms with Crippen LogP contribution in [-0.4, -0.2) is 40.9 Å². The zero-order valence-corrected chi connectivity index (χ0v) is 14.3. The van der Waals surface area contributed by atoms with Crippen LogP contribution in [0.4, 0.5) is 5.82 Å². The molecule has 0 saturated heterocycles. The lowest BCUT2D eigenvalue weighted by atomic mass is 10.00. The lowest BCUT2D eigenvalue weighted by molar-refractivity contribution is 0.303. The SMILES string of the molecule is CN(CC1CCc2nccn2C1)S(=O)(=O)c1cc(Cl)cnc1N. The standard InChI is InChI=1S/C14H18ClN5O2S/c1-19(8-10-2-3-13-17-4-5-20(13)9-10)23(21,22)12-6-11(15)7-18-14(12)16/h4-7,10H,2-3,8-9H2,1H3,(H2,16,18). The number of nitrogens with two attached hydrogens (primary N) is 1. The number of aromatic nitrogens is 3. The molecule has 3 heterocycles. The fourth-order valence-corrected chi connectivity index (χ4v) is 4.41. The molecule has 1 atom stereocenters. The molecule has 0 spiro atoms. The Morgan fingerprint density at radius 2 is 2.26 bits per heavy atom. The van der Waals surface area contributed by atoms with Crippen molar-refractivity contribution in [3.8, 4) is 0 Å². The van der Waals surface area contributed by atoms with E-state index in [4.69, 9.17) is 17.3 Å². The van der Waals surface area contributed by atoms with Crippen LogP contribution in [-0.2, 0) is 23.0 Å². The number of imidazole rings is 1. The summed E-state index contributed by atoms with van der Waals surface area (Å²) in [7, 11) is -2.16. The van der Waals surface area contributed by atoms with Crippen molar-refractivity contribution < 1.29 is 8.42 Å². The monoisotopic (exact) mass is 355 g/mol. The Bertz CT molecular complexity index is 820. The van der Waals surface area contributed by atoms with Gasteiger partial charge in [-0.2, -0.15) is 0 Å². The molecule has 0 aromatic carbocycles. The first kappa shape index (κ1) is 16.2. The Morgan fingerprint density at radius 3 is 3.04 bits per heavy atom. The van der Waals surface area contributed by atoms with Crippen molar-refractivity contribution in [2.75, 3.05) is 19.3 Å². The minimum atomic E-state index is -3.72. The second-order valence-corrected chi connectivity index (χ2v) is 8.17. The normalized spacial score (nSPS) is 18.1. The molecule has 1 aliphatic rings. The van der Waals surface area contributed by atoms with Crippen LogP contribution in [0, 0.1) is 5.92 Å². The van der Waals surface area contributed by atoms with Crippen molar-refractivity contribution in [3.63, 3.8) is 0 Å². The van der Waals surface area contributed by atoms with E-state index in [1.807, 2.05) is 6.20 Å². The van der Waals surface area contributed by atoms with E-state index in [9.17, 15) is 8.42 Å². The van der Waals surface area contributed by atoms with Crippen molar-refractivity contribution in [3.05, 3.63) is 35.5 Å². The molecule has 7 nitrogen and oxygen atoms in total. The first-order chi connectivity index (χ1) is 10.9. The average molecular weight is 356 g/mol. The summed E-state index contributed by atoms with van der Waals surface area (Å²) in [6.07, 6.45) is 6.79. The lowest BCUT2D eigenvalue weighted by Gasteiger charge is -2.28. The summed E-state index contributed by atoms with van der Waals surface area (Å²) in [6, 6.07) is 1.34. The average Bonchev–Trinajstić information content (AvgIpc) is 2.97. The maximum absolute atomic E-state index is 12.7. The maximum atomic E-state index is 12.7. The molecule has 2 aromatic rings. The third-order valence-electron chi connectivity index (χ3n) is 4.08. The number of nitrogen functional groups attached to an aromatic ring is 1. The molecular formula is C14H18ClN5O2S. The number of nitrogens with zero attached hydrogens (tertiary/aromatic N) is 4. The molecule has 2 aromatic heterocycles. The van der Waals surface area contributed by atoms with Crippen LogP contribution >= 0.6 is 11.6 Å². The molecule has 124 valence electrons. The van der Waals surface area contributed by atoms with Gasteiger partial charge in [0.05, 0.1) is 5.02 Å². The Morgan fingerprint density at radius 1 is 1.48 bits per heavy atom. The van der Waals surface area contributed by atoms with Gasteiger partial charge in [0.1, 0.15) is 16.5 Å². The quantitative estimate of drug-likeness (QED) is 0.894. The maximum Gasteiger partial charge on any atom is 0.246 e. The molecule has 3 rings (SSSR count). The van der Waals surface area contributed by atoms with Crippen LogP contribution in [0.3, 0.4) is 0 Å². The highest BCUT2D eigenvalue weighted by atomic mass is 35.5. The van der Waals surface area contributed by atoms with Gasteiger partial charge in [0.25, 0.3) is 0 Å². The van der Waals surface area contributed by atoms with Gasteiger partial charge in [-0.3, -0.25) is 0 Å². The van der Waals surface area contributed by atoms with Gasteiger partial charge in [-0.25, -0.2) is 22.7 Å². The number of fused-ring (bicyclic) bond motifs is 1. The molecule has 0 radical (unpaired) electrons. The van der Waals surface area contributed by atoms with E-state index in [0.29, 0.717) is 6.54 Å². The highest BCUT2D eigenvalue weighted by Crippen LogP contribution is 2.25. The van der Waals surface area contributed by atoms with Crippen molar-refractivity contribution in [1.82, 2.24) is 18.8 Å². The first-order valence-corrected chi connectivity index (χ1v) is 9.07. The number of halogens is 1. The van der Waals surface area contributed by atoms with Gasteiger partial charge in [0.2, 0.25) is 10.0 Å². The molecule has 2 N–H and O–H groups in total. The number of hydrogen-bond donors (Lipinski definition) is 1. The van der Waals surface area contributed by atoms with Crippen molar-refractivity contribution in [2.24, 2.45) is 5.92 Å². The van der Waals surface area contributed by atoms with Crippen LogP contribution in [0.25, 0.3) is 0 Å². The Hall–Kier alpha value is -1.64. The van der Waals surface area contributed by atoms with Gasteiger partial charge < -0.3 is 10.3 Å². The van der Waals surface area contributed by atoms with Gasteiger partial charge in [0, 0.05) is 45.1 Å². The lowest BCUT2D eigenvalue weighted by Crippen LogP contribution is -2.35. The number of anilines is 1. The highest BCUT2D eigenvalue weighted by molar-refractivity contribution is 7.89. The summed E-state index contributed by atoms with van der Waals surface area (Å²) in [5, 5.41) is 0.242. The topological polar surface area (TPSA) is 94.1 Å². The molecule has 1 aliphatic heterocycles. The molecule has 0 bridgehead atoms. The smallest absolute Gasteiger partial charge is 0.246 e. The summed E-state index contributed by atoms with van der Waals surface area (Å²) < 4.78 is 28.8. The van der Waals surface area contributed by atoms with Crippen LogP contribution < -0.4 is 5.73 Å². The molecule has 23 heavy (non-hydrogen) atoms. The Labute approximate surface area is 140 Å². The van der Waals surface area contributed by atoms with E-state index in [1.54, 1.807) is 13.2 Å². The summed E-state index contributed by atoms with van der Waals surface area (Å²) >= 11 is 5.85. The van der Waals surface area contributed by atoms with Gasteiger partial charge in [-0.05, 0) is 18.4 Å². The van der Waals surface area contributed by atoms with Crippen LogP contribution in [0.1, 0.15) is 12.2 Å². The van der Waals surface area contributed by atoms with Crippen LogP contribution in [0.15, 0.2) is 29.6 Å². The predicted octanol–water partition coefficient (Wildman–Crippen LogP) is 1.40. The number of hydrogen-bond acceptors (Lipinski definition) is 5. The van der Waals surface area contributed by atoms with Gasteiger partial charge in [-0.1, -0.05) is 11.6 Å². The third kappa shape index (κ3) is 3.19. The fourth-order valence-electron chi connectivity index (χ4n) is 2.85. The summed E-state index contributed by atoms with van der Waals surface area (Å²) in [6.45, 7) is 1.17. The second kappa shape index (κ2) is 6.10. The van der Waals surface area contributed by atoms with Gasteiger partial charge in [0.15, 0.2) is 0 Å². The number of pyridine rings is 1. The molecule has 0 saturated carbocycles. The third-order valence-corrected chi connectivity index (χ3v) is 6.14. The van der Waals surface area contributed by atoms with Gasteiger partial charge in [-0.15, -0.1) is 0 Å². The largest absolute Gasteiger partial charge is 0.383 e. The number of aryl methyl sites for hydroxylation is 1. The Kier molecular flexibility index (Phi) is 4.31. The minimum Gasteiger partial charge on any atom is -0.383 e. The van der Waals surface area contributed by atoms with Crippen LogP contribution in [0.2, 0.25) is 5.02 Å². The van der Waals surface area contributed by atoms with Crippen LogP contribution in [0.5, 0.6) is 0 Å². The van der Waals surface area contributed by atoms with E-state index < -0.39 is 10.0 Å².